The molecule has 6 heteroatoms. The molecule has 23 heavy (non-hydrogen) atoms. The van der Waals surface area contributed by atoms with Crippen molar-refractivity contribution in [2.45, 2.75) is 26.2 Å². The smallest absolute Gasteiger partial charge is 0.342 e. The van der Waals surface area contributed by atoms with Crippen LogP contribution in [-0.4, -0.2) is 42.1 Å². The minimum atomic E-state index is -0.758. The number of allylic oxidation sites excluding steroid dienone is 2. The first-order valence-corrected chi connectivity index (χ1v) is 7.61. The van der Waals surface area contributed by atoms with E-state index in [1.54, 1.807) is 11.0 Å². The number of carbonyl (C=O) groups is 2. The van der Waals surface area contributed by atoms with E-state index in [-0.39, 0.29) is 29.6 Å². The molecule has 1 aliphatic rings. The maximum atomic E-state index is 12.2. The van der Waals surface area contributed by atoms with E-state index < -0.39 is 5.97 Å². The van der Waals surface area contributed by atoms with Crippen molar-refractivity contribution in [1.82, 2.24) is 4.90 Å². The second-order valence-electron chi connectivity index (χ2n) is 5.16. The molecule has 0 saturated carbocycles. The Balaban J connectivity index is 2.00. The third-order valence-corrected chi connectivity index (χ3v) is 3.75. The number of hydrogen-bond donors (Lipinski definition) is 1. The van der Waals surface area contributed by atoms with Gasteiger partial charge in [0.15, 0.2) is 18.1 Å². The molecule has 2 rings (SSSR count). The summed E-state index contributed by atoms with van der Waals surface area (Å²) in [7, 11) is 1.39. The van der Waals surface area contributed by atoms with Crippen LogP contribution in [0.15, 0.2) is 30.0 Å². The number of esters is 1. The Morgan fingerprint density at radius 3 is 2.74 bits per heavy atom. The molecule has 0 aromatic heterocycles. The van der Waals surface area contributed by atoms with Gasteiger partial charge in [0, 0.05) is 12.2 Å². The summed E-state index contributed by atoms with van der Waals surface area (Å²) in [6, 6.07) is 4.52. The minimum absolute atomic E-state index is 0.0275. The Labute approximate surface area is 135 Å². The van der Waals surface area contributed by atoms with Crippen molar-refractivity contribution in [1.29, 1.82) is 0 Å². The van der Waals surface area contributed by atoms with Gasteiger partial charge in [-0.25, -0.2) is 4.79 Å². The van der Waals surface area contributed by atoms with E-state index in [9.17, 15) is 14.7 Å². The number of benzene rings is 1. The maximum absolute atomic E-state index is 12.2. The number of ether oxygens (including phenoxy) is 2. The zero-order valence-corrected chi connectivity index (χ0v) is 13.4. The molecular weight excluding hydrogens is 298 g/mol. The van der Waals surface area contributed by atoms with Crippen molar-refractivity contribution in [3.63, 3.8) is 0 Å². The fourth-order valence-corrected chi connectivity index (χ4v) is 2.57. The van der Waals surface area contributed by atoms with E-state index in [0.29, 0.717) is 6.54 Å². The van der Waals surface area contributed by atoms with Gasteiger partial charge in [0.2, 0.25) is 0 Å². The maximum Gasteiger partial charge on any atom is 0.342 e. The number of methoxy groups -OCH3 is 1. The number of rotatable bonds is 6. The molecule has 0 aliphatic heterocycles. The minimum Gasteiger partial charge on any atom is -0.504 e. The molecule has 1 N–H and O–H groups in total. The number of amides is 1. The Hall–Kier alpha value is -2.50. The highest BCUT2D eigenvalue weighted by Gasteiger charge is 2.22. The summed E-state index contributed by atoms with van der Waals surface area (Å²) in [6.07, 6.45) is 4.91. The monoisotopic (exact) mass is 319 g/mol. The number of phenols is 1. The first-order valence-electron chi connectivity index (χ1n) is 7.61. The summed E-state index contributed by atoms with van der Waals surface area (Å²) in [5.74, 6) is -1.14. The average molecular weight is 319 g/mol. The second kappa shape index (κ2) is 7.67. The molecule has 0 unspecified atom stereocenters. The molecule has 0 radical (unpaired) electrons. The molecule has 1 aromatic rings. The number of nitrogens with zero attached hydrogens (tertiary/aromatic N) is 1. The third kappa shape index (κ3) is 3.83. The SMILES string of the molecule is CCN(C(=O)COC(=O)c1cccc(OC)c1O)C1=CCCC1. The van der Waals surface area contributed by atoms with Gasteiger partial charge >= 0.3 is 5.97 Å². The number of phenolic OH excluding ortho intramolecular Hbond substituents is 1. The van der Waals surface area contributed by atoms with Crippen LogP contribution in [0.4, 0.5) is 0 Å². The third-order valence-electron chi connectivity index (χ3n) is 3.75. The molecule has 124 valence electrons. The Bertz CT molecular complexity index is 623. The van der Waals surface area contributed by atoms with Crippen LogP contribution in [0.1, 0.15) is 36.5 Å². The zero-order chi connectivity index (χ0) is 16.8. The van der Waals surface area contributed by atoms with Crippen LogP contribution in [0.25, 0.3) is 0 Å². The second-order valence-corrected chi connectivity index (χ2v) is 5.16. The first-order chi connectivity index (χ1) is 11.1. The van der Waals surface area contributed by atoms with Gasteiger partial charge in [0.1, 0.15) is 5.56 Å². The molecule has 0 spiro atoms. The molecule has 1 aliphatic carbocycles. The highest BCUT2D eigenvalue weighted by Crippen LogP contribution is 2.29. The van der Waals surface area contributed by atoms with E-state index in [1.807, 2.05) is 13.0 Å². The molecule has 0 bridgehead atoms. The van der Waals surface area contributed by atoms with Crippen molar-refractivity contribution in [3.05, 3.63) is 35.5 Å². The summed E-state index contributed by atoms with van der Waals surface area (Å²) in [4.78, 5) is 25.9. The van der Waals surface area contributed by atoms with Crippen LogP contribution in [-0.2, 0) is 9.53 Å². The lowest BCUT2D eigenvalue weighted by Crippen LogP contribution is -2.33. The van der Waals surface area contributed by atoms with Gasteiger partial charge in [-0.15, -0.1) is 0 Å². The summed E-state index contributed by atoms with van der Waals surface area (Å²) < 4.78 is 9.98. The van der Waals surface area contributed by atoms with Gasteiger partial charge in [-0.3, -0.25) is 4.79 Å². The quantitative estimate of drug-likeness (QED) is 0.815. The zero-order valence-electron chi connectivity index (χ0n) is 13.4. The number of aromatic hydroxyl groups is 1. The van der Waals surface area contributed by atoms with Crippen LogP contribution in [0.2, 0.25) is 0 Å². The summed E-state index contributed by atoms with van der Waals surface area (Å²) in [5.41, 5.74) is 0.957. The Kier molecular flexibility index (Phi) is 5.62. The van der Waals surface area contributed by atoms with Crippen LogP contribution < -0.4 is 4.74 Å². The average Bonchev–Trinajstić information content (AvgIpc) is 3.07. The van der Waals surface area contributed by atoms with Gasteiger partial charge in [0.05, 0.1) is 7.11 Å². The number of hydrogen-bond acceptors (Lipinski definition) is 5. The molecule has 0 heterocycles. The van der Waals surface area contributed by atoms with Crippen LogP contribution >= 0.6 is 0 Å². The van der Waals surface area contributed by atoms with Crippen molar-refractivity contribution < 1.29 is 24.2 Å². The first kappa shape index (κ1) is 16.9. The Morgan fingerprint density at radius 2 is 2.13 bits per heavy atom. The van der Waals surface area contributed by atoms with Crippen molar-refractivity contribution in [3.8, 4) is 11.5 Å². The van der Waals surface area contributed by atoms with Crippen LogP contribution in [0, 0.1) is 0 Å². The molecule has 0 fully saturated rings. The van der Waals surface area contributed by atoms with Crippen molar-refractivity contribution in [2.75, 3.05) is 20.3 Å². The van der Waals surface area contributed by atoms with E-state index in [0.717, 1.165) is 25.0 Å². The predicted octanol–water partition coefficient (Wildman–Crippen LogP) is 2.47. The van der Waals surface area contributed by atoms with E-state index in [4.69, 9.17) is 9.47 Å². The summed E-state index contributed by atoms with van der Waals surface area (Å²) in [6.45, 7) is 2.06. The van der Waals surface area contributed by atoms with E-state index in [1.165, 1.54) is 19.2 Å². The Morgan fingerprint density at radius 1 is 1.35 bits per heavy atom. The van der Waals surface area contributed by atoms with Crippen LogP contribution in [0.3, 0.4) is 0 Å². The van der Waals surface area contributed by atoms with E-state index >= 15 is 0 Å². The standard InChI is InChI=1S/C17H21NO5/c1-3-18(12-7-4-5-8-12)15(19)11-23-17(21)13-9-6-10-14(22-2)16(13)20/h6-7,9-10,20H,3-5,8,11H2,1-2H3. The number of carbonyl (C=O) groups excluding carboxylic acids is 2. The summed E-state index contributed by atoms with van der Waals surface area (Å²) >= 11 is 0. The predicted molar refractivity (Wildman–Crippen MR) is 84.3 cm³/mol. The van der Waals surface area contributed by atoms with E-state index in [2.05, 4.69) is 0 Å². The molecule has 0 atom stereocenters. The highest BCUT2D eigenvalue weighted by molar-refractivity contribution is 5.94. The lowest BCUT2D eigenvalue weighted by Gasteiger charge is -2.22. The van der Waals surface area contributed by atoms with Gasteiger partial charge < -0.3 is 19.5 Å². The van der Waals surface area contributed by atoms with Crippen LogP contribution in [0.5, 0.6) is 11.5 Å². The molecule has 0 saturated heterocycles. The van der Waals surface area contributed by atoms with Crippen molar-refractivity contribution >= 4 is 11.9 Å². The van der Waals surface area contributed by atoms with Gasteiger partial charge in [-0.2, -0.15) is 0 Å². The fraction of sp³-hybridized carbons (Fsp3) is 0.412. The largest absolute Gasteiger partial charge is 0.504 e. The van der Waals surface area contributed by atoms with Gasteiger partial charge in [-0.1, -0.05) is 12.1 Å². The molecular formula is C17H21NO5. The van der Waals surface area contributed by atoms with Crippen molar-refractivity contribution in [2.24, 2.45) is 0 Å². The molecule has 1 amide bonds. The number of para-hydroxylation sites is 1. The lowest BCUT2D eigenvalue weighted by atomic mass is 10.2. The van der Waals surface area contributed by atoms with Gasteiger partial charge in [0.25, 0.3) is 5.91 Å². The molecule has 6 nitrogen and oxygen atoms in total. The van der Waals surface area contributed by atoms with Gasteiger partial charge in [-0.05, 0) is 38.3 Å². The lowest BCUT2D eigenvalue weighted by molar-refractivity contribution is -0.132. The topological polar surface area (TPSA) is 76.1 Å². The number of likely N-dealkylation sites (N-methyl/N-ethyl adjacent to an activating group) is 1. The normalized spacial score (nSPS) is 13.4. The molecule has 1 aromatic carbocycles. The summed E-state index contributed by atoms with van der Waals surface area (Å²) in [5, 5.41) is 9.92. The fourth-order valence-electron chi connectivity index (χ4n) is 2.57. The highest BCUT2D eigenvalue weighted by atomic mass is 16.5.